The van der Waals surface area contributed by atoms with E-state index < -0.39 is 0 Å². The molecule has 0 aromatic heterocycles. The van der Waals surface area contributed by atoms with Gasteiger partial charge in [0, 0.05) is 37.4 Å². The van der Waals surface area contributed by atoms with Gasteiger partial charge in [0.15, 0.2) is 5.96 Å². The van der Waals surface area contributed by atoms with E-state index in [0.29, 0.717) is 6.54 Å². The van der Waals surface area contributed by atoms with Crippen molar-refractivity contribution in [3.8, 4) is 5.75 Å². The minimum Gasteiger partial charge on any atom is -0.491 e. The molecular formula is C24H41IN4O2. The van der Waals surface area contributed by atoms with Gasteiger partial charge < -0.3 is 20.1 Å². The van der Waals surface area contributed by atoms with Crippen LogP contribution in [0.5, 0.6) is 5.75 Å². The molecule has 2 N–H and O–H groups in total. The first kappa shape index (κ1) is 26.2. The monoisotopic (exact) mass is 544 g/mol. The molecule has 0 unspecified atom stereocenters. The predicted molar refractivity (Wildman–Crippen MR) is 139 cm³/mol. The van der Waals surface area contributed by atoms with Crippen molar-refractivity contribution in [1.82, 2.24) is 15.5 Å². The Kier molecular flexibility index (Phi) is 10.9. The lowest BCUT2D eigenvalue weighted by Gasteiger charge is -2.45. The summed E-state index contributed by atoms with van der Waals surface area (Å²) in [5.41, 5.74) is 2.50. The van der Waals surface area contributed by atoms with E-state index in [4.69, 9.17) is 14.5 Å². The second kappa shape index (κ2) is 12.8. The highest BCUT2D eigenvalue weighted by molar-refractivity contribution is 14.0. The van der Waals surface area contributed by atoms with Crippen molar-refractivity contribution < 1.29 is 9.47 Å². The summed E-state index contributed by atoms with van der Waals surface area (Å²) in [6.45, 7) is 14.8. The molecule has 2 saturated heterocycles. The molecule has 0 bridgehead atoms. The van der Waals surface area contributed by atoms with Gasteiger partial charge in [0.05, 0.1) is 12.6 Å². The number of hydrogen-bond acceptors (Lipinski definition) is 4. The summed E-state index contributed by atoms with van der Waals surface area (Å²) in [5.74, 6) is 1.81. The molecule has 2 aliphatic heterocycles. The number of guanidine groups is 1. The van der Waals surface area contributed by atoms with Gasteiger partial charge in [0.2, 0.25) is 0 Å². The van der Waals surface area contributed by atoms with Crippen LogP contribution in [0.15, 0.2) is 23.2 Å². The molecule has 31 heavy (non-hydrogen) atoms. The minimum atomic E-state index is 0. The SMILES string of the molecule is CCNC(=NCc1ccc(C)cc1OC(C)C)NCC1(N2CCCC2)CCOCC1.I. The van der Waals surface area contributed by atoms with Crippen LogP contribution in [0.1, 0.15) is 57.6 Å². The second-order valence-electron chi connectivity index (χ2n) is 8.86. The number of nitrogens with one attached hydrogen (secondary N) is 2. The zero-order valence-corrected chi connectivity index (χ0v) is 22.0. The molecule has 0 saturated carbocycles. The molecule has 2 heterocycles. The van der Waals surface area contributed by atoms with Gasteiger partial charge in [-0.3, -0.25) is 4.90 Å². The Hall–Kier alpha value is -1.06. The van der Waals surface area contributed by atoms with Crippen molar-refractivity contribution in [2.24, 2.45) is 4.99 Å². The molecule has 1 aromatic carbocycles. The molecule has 0 amide bonds. The van der Waals surface area contributed by atoms with Crippen molar-refractivity contribution in [3.63, 3.8) is 0 Å². The number of nitrogens with zero attached hydrogens (tertiary/aromatic N) is 2. The Morgan fingerprint density at radius 3 is 2.55 bits per heavy atom. The molecule has 0 spiro atoms. The van der Waals surface area contributed by atoms with Crippen LogP contribution in [0.4, 0.5) is 0 Å². The maximum absolute atomic E-state index is 6.03. The van der Waals surface area contributed by atoms with E-state index in [0.717, 1.165) is 56.4 Å². The third-order valence-electron chi connectivity index (χ3n) is 6.12. The first-order valence-electron chi connectivity index (χ1n) is 11.6. The maximum atomic E-state index is 6.03. The van der Waals surface area contributed by atoms with Gasteiger partial charge in [0.25, 0.3) is 0 Å². The Labute approximate surface area is 205 Å². The first-order valence-corrected chi connectivity index (χ1v) is 11.6. The summed E-state index contributed by atoms with van der Waals surface area (Å²) >= 11 is 0. The van der Waals surface area contributed by atoms with Crippen LogP contribution < -0.4 is 15.4 Å². The molecule has 7 heteroatoms. The molecule has 2 aliphatic rings. The normalized spacial score (nSPS) is 19.2. The molecule has 6 nitrogen and oxygen atoms in total. The van der Waals surface area contributed by atoms with E-state index in [1.54, 1.807) is 0 Å². The number of aliphatic imine (C=N–C) groups is 1. The third-order valence-corrected chi connectivity index (χ3v) is 6.12. The largest absolute Gasteiger partial charge is 0.491 e. The van der Waals surface area contributed by atoms with Crippen molar-refractivity contribution in [2.45, 2.75) is 71.6 Å². The number of likely N-dealkylation sites (tertiary alicyclic amines) is 1. The van der Waals surface area contributed by atoms with Crippen LogP contribution >= 0.6 is 24.0 Å². The van der Waals surface area contributed by atoms with Crippen molar-refractivity contribution in [3.05, 3.63) is 29.3 Å². The molecule has 176 valence electrons. The average Bonchev–Trinajstić information content (AvgIpc) is 3.27. The lowest BCUT2D eigenvalue weighted by molar-refractivity contribution is -0.0164. The molecule has 2 fully saturated rings. The highest BCUT2D eigenvalue weighted by Crippen LogP contribution is 2.30. The molecule has 0 atom stereocenters. The van der Waals surface area contributed by atoms with Crippen LogP contribution in [0, 0.1) is 6.92 Å². The highest BCUT2D eigenvalue weighted by atomic mass is 127. The quantitative estimate of drug-likeness (QED) is 0.293. The van der Waals surface area contributed by atoms with Gasteiger partial charge in [0.1, 0.15) is 5.75 Å². The fraction of sp³-hybridized carbons (Fsp3) is 0.708. The molecule has 0 aliphatic carbocycles. The predicted octanol–water partition coefficient (Wildman–Crippen LogP) is 4.10. The van der Waals surface area contributed by atoms with Gasteiger partial charge in [-0.15, -0.1) is 24.0 Å². The fourth-order valence-electron chi connectivity index (χ4n) is 4.46. The number of benzene rings is 1. The fourth-order valence-corrected chi connectivity index (χ4v) is 4.46. The van der Waals surface area contributed by atoms with Crippen LogP contribution in [0.25, 0.3) is 0 Å². The average molecular weight is 545 g/mol. The first-order chi connectivity index (χ1) is 14.5. The summed E-state index contributed by atoms with van der Waals surface area (Å²) < 4.78 is 11.7. The van der Waals surface area contributed by atoms with E-state index >= 15 is 0 Å². The molecule has 1 aromatic rings. The van der Waals surface area contributed by atoms with Crippen molar-refractivity contribution in [1.29, 1.82) is 0 Å². The third kappa shape index (κ3) is 7.49. The lowest BCUT2D eigenvalue weighted by Crippen LogP contribution is -2.58. The van der Waals surface area contributed by atoms with Crippen LogP contribution in [-0.2, 0) is 11.3 Å². The summed E-state index contributed by atoms with van der Waals surface area (Å²) in [6, 6.07) is 6.36. The van der Waals surface area contributed by atoms with E-state index in [9.17, 15) is 0 Å². The Morgan fingerprint density at radius 2 is 1.90 bits per heavy atom. The summed E-state index contributed by atoms with van der Waals surface area (Å²) in [5, 5.41) is 7.07. The Bertz CT molecular complexity index is 699. The lowest BCUT2D eigenvalue weighted by atomic mass is 9.88. The van der Waals surface area contributed by atoms with Crippen LogP contribution in [0.3, 0.4) is 0 Å². The van der Waals surface area contributed by atoms with E-state index in [-0.39, 0.29) is 35.6 Å². The zero-order valence-electron chi connectivity index (χ0n) is 19.7. The minimum absolute atomic E-state index is 0. The smallest absolute Gasteiger partial charge is 0.191 e. The zero-order chi connectivity index (χ0) is 21.4. The van der Waals surface area contributed by atoms with Crippen molar-refractivity contribution in [2.75, 3.05) is 39.4 Å². The second-order valence-corrected chi connectivity index (χ2v) is 8.86. The number of rotatable bonds is 8. The number of ether oxygens (including phenoxy) is 2. The maximum Gasteiger partial charge on any atom is 0.191 e. The van der Waals surface area contributed by atoms with Crippen molar-refractivity contribution >= 4 is 29.9 Å². The van der Waals surface area contributed by atoms with Crippen LogP contribution in [0.2, 0.25) is 0 Å². The highest BCUT2D eigenvalue weighted by Gasteiger charge is 2.39. The van der Waals surface area contributed by atoms with Gasteiger partial charge in [-0.1, -0.05) is 12.1 Å². The van der Waals surface area contributed by atoms with E-state index in [1.807, 2.05) is 0 Å². The summed E-state index contributed by atoms with van der Waals surface area (Å²) in [7, 11) is 0. The topological polar surface area (TPSA) is 58.1 Å². The Morgan fingerprint density at radius 1 is 1.19 bits per heavy atom. The number of aryl methyl sites for hydroxylation is 1. The van der Waals surface area contributed by atoms with Gasteiger partial charge in [-0.25, -0.2) is 4.99 Å². The van der Waals surface area contributed by atoms with Gasteiger partial charge in [-0.05, 0) is 78.1 Å². The van der Waals surface area contributed by atoms with E-state index in [1.165, 1.54) is 31.5 Å². The standard InChI is InChI=1S/C24H40N4O2.HI/c1-5-25-23(26-17-21-9-8-20(4)16-22(21)30-19(2)3)27-18-24(10-14-29-15-11-24)28-12-6-7-13-28;/h8-9,16,19H,5-7,10-15,17-18H2,1-4H3,(H2,25,26,27);1H. The van der Waals surface area contributed by atoms with E-state index in [2.05, 4.69) is 61.4 Å². The summed E-state index contributed by atoms with van der Waals surface area (Å²) in [4.78, 5) is 7.57. The Balaban J connectivity index is 0.00000341. The molecule has 3 rings (SSSR count). The molecular weight excluding hydrogens is 503 g/mol. The summed E-state index contributed by atoms with van der Waals surface area (Å²) in [6.07, 6.45) is 4.94. The van der Waals surface area contributed by atoms with Crippen LogP contribution in [-0.4, -0.2) is 61.9 Å². The van der Waals surface area contributed by atoms with Gasteiger partial charge >= 0.3 is 0 Å². The van der Waals surface area contributed by atoms with Gasteiger partial charge in [-0.2, -0.15) is 0 Å². The number of hydrogen-bond donors (Lipinski definition) is 2. The number of halogens is 1. The molecule has 0 radical (unpaired) electrons.